The lowest BCUT2D eigenvalue weighted by Crippen LogP contribution is -2.11. The molecule has 28 heavy (non-hydrogen) atoms. The molecule has 3 aromatic heterocycles. The van der Waals surface area contributed by atoms with Gasteiger partial charge >= 0.3 is 0 Å². The molecule has 3 heterocycles. The van der Waals surface area contributed by atoms with E-state index in [1.54, 1.807) is 12.4 Å². The Hall–Kier alpha value is -3.06. The van der Waals surface area contributed by atoms with Gasteiger partial charge in [0.05, 0.1) is 16.7 Å². The monoisotopic (exact) mass is 391 g/mol. The Morgan fingerprint density at radius 1 is 1.21 bits per heavy atom. The number of nitrogens with zero attached hydrogens (tertiary/aromatic N) is 4. The Balaban J connectivity index is 1.61. The highest BCUT2D eigenvalue weighted by Crippen LogP contribution is 2.29. The van der Waals surface area contributed by atoms with E-state index in [0.717, 1.165) is 33.1 Å². The number of carbonyl (C=O) groups is 1. The second kappa shape index (κ2) is 7.16. The second-order valence-corrected chi connectivity index (χ2v) is 8.02. The Labute approximate surface area is 167 Å². The van der Waals surface area contributed by atoms with Crippen LogP contribution in [0.5, 0.6) is 0 Å². The predicted octanol–water partition coefficient (Wildman–Crippen LogP) is 4.78. The first-order chi connectivity index (χ1) is 13.4. The van der Waals surface area contributed by atoms with Crippen LogP contribution in [0.2, 0.25) is 0 Å². The smallest absolute Gasteiger partial charge is 0.267 e. The number of aromatic nitrogens is 4. The van der Waals surface area contributed by atoms with Crippen LogP contribution in [0.15, 0.2) is 42.7 Å². The summed E-state index contributed by atoms with van der Waals surface area (Å²) in [6, 6.07) is 9.61. The van der Waals surface area contributed by atoms with Crippen LogP contribution < -0.4 is 5.32 Å². The molecule has 4 aromatic rings. The molecule has 0 bridgehead atoms. The Morgan fingerprint density at radius 2 is 2.04 bits per heavy atom. The minimum atomic E-state index is -0.162. The molecule has 0 spiro atoms. The van der Waals surface area contributed by atoms with Crippen molar-refractivity contribution >= 4 is 34.0 Å². The average molecular weight is 392 g/mol. The molecule has 1 N–H and O–H groups in total. The molecule has 0 unspecified atom stereocenters. The number of carbonyl (C=O) groups excluding carboxylic acids is 1. The molecule has 6 nitrogen and oxygen atoms in total. The van der Waals surface area contributed by atoms with Crippen molar-refractivity contribution in [3.05, 3.63) is 59.1 Å². The molecule has 0 aliphatic rings. The van der Waals surface area contributed by atoms with Gasteiger partial charge in [-0.05, 0) is 37.3 Å². The number of thiazole rings is 1. The van der Waals surface area contributed by atoms with Crippen molar-refractivity contribution in [2.45, 2.75) is 26.7 Å². The number of hydrogen-bond acceptors (Lipinski definition) is 5. The highest BCUT2D eigenvalue weighted by Gasteiger charge is 2.17. The quantitative estimate of drug-likeness (QED) is 0.543. The van der Waals surface area contributed by atoms with Gasteiger partial charge in [-0.25, -0.2) is 9.97 Å². The molecule has 0 fully saturated rings. The first-order valence-electron chi connectivity index (χ1n) is 9.09. The molecule has 0 atom stereocenters. The lowest BCUT2D eigenvalue weighted by Gasteiger charge is -2.05. The van der Waals surface area contributed by atoms with Crippen LogP contribution in [0.4, 0.5) is 5.69 Å². The molecule has 0 aliphatic heterocycles. The van der Waals surface area contributed by atoms with E-state index in [1.165, 1.54) is 11.3 Å². The van der Waals surface area contributed by atoms with Crippen molar-refractivity contribution in [3.8, 4) is 10.6 Å². The van der Waals surface area contributed by atoms with E-state index < -0.39 is 0 Å². The van der Waals surface area contributed by atoms with Crippen LogP contribution in [0.25, 0.3) is 21.6 Å². The van der Waals surface area contributed by atoms with Crippen molar-refractivity contribution in [3.63, 3.8) is 0 Å². The Morgan fingerprint density at radius 3 is 2.75 bits per heavy atom. The molecule has 0 saturated heterocycles. The summed E-state index contributed by atoms with van der Waals surface area (Å²) < 4.78 is 2.10. The van der Waals surface area contributed by atoms with Gasteiger partial charge in [0.15, 0.2) is 0 Å². The summed E-state index contributed by atoms with van der Waals surface area (Å²) in [6.07, 6.45) is 3.47. The van der Waals surface area contributed by atoms with Gasteiger partial charge in [-0.15, -0.1) is 11.3 Å². The number of anilines is 1. The Kier molecular flexibility index (Phi) is 4.68. The van der Waals surface area contributed by atoms with Gasteiger partial charge in [0.2, 0.25) is 0 Å². The summed E-state index contributed by atoms with van der Waals surface area (Å²) in [4.78, 5) is 26.8. The first-order valence-corrected chi connectivity index (χ1v) is 9.91. The molecular formula is C21H21N5OS. The van der Waals surface area contributed by atoms with Crippen molar-refractivity contribution in [1.29, 1.82) is 0 Å². The normalized spacial score (nSPS) is 11.3. The number of fused-ring (bicyclic) bond motifs is 1. The average Bonchev–Trinajstić information content (AvgIpc) is 3.23. The molecule has 4 rings (SSSR count). The van der Waals surface area contributed by atoms with E-state index in [-0.39, 0.29) is 5.91 Å². The minimum Gasteiger partial charge on any atom is -0.331 e. The van der Waals surface area contributed by atoms with Gasteiger partial charge < -0.3 is 9.88 Å². The maximum absolute atomic E-state index is 12.8. The van der Waals surface area contributed by atoms with Crippen LogP contribution in [0.3, 0.4) is 0 Å². The molecule has 142 valence electrons. The maximum atomic E-state index is 12.8. The van der Waals surface area contributed by atoms with Gasteiger partial charge in [0, 0.05) is 36.6 Å². The fraction of sp³-hybridized carbons (Fsp3) is 0.238. The Bertz CT molecular complexity index is 1160. The maximum Gasteiger partial charge on any atom is 0.267 e. The highest BCUT2D eigenvalue weighted by atomic mass is 32.1. The van der Waals surface area contributed by atoms with E-state index in [9.17, 15) is 4.79 Å². The van der Waals surface area contributed by atoms with Gasteiger partial charge in [0.1, 0.15) is 15.7 Å². The van der Waals surface area contributed by atoms with Crippen molar-refractivity contribution in [2.24, 2.45) is 7.05 Å². The third-order valence-electron chi connectivity index (χ3n) is 4.60. The minimum absolute atomic E-state index is 0.162. The largest absolute Gasteiger partial charge is 0.331 e. The second-order valence-electron chi connectivity index (χ2n) is 7.02. The van der Waals surface area contributed by atoms with Crippen molar-refractivity contribution in [1.82, 2.24) is 19.5 Å². The van der Waals surface area contributed by atoms with Crippen LogP contribution in [0, 0.1) is 6.92 Å². The van der Waals surface area contributed by atoms with Gasteiger partial charge in [-0.2, -0.15) is 0 Å². The first kappa shape index (κ1) is 18.3. The number of aryl methyl sites for hydroxylation is 2. The SMILES string of the molecule is Cc1nc(-c2cccnc2)sc1C(=O)Nc1ccc2c(c1)nc(C(C)C)n2C. The molecule has 1 aromatic carbocycles. The number of rotatable bonds is 4. The molecule has 0 radical (unpaired) electrons. The zero-order valence-corrected chi connectivity index (χ0v) is 17.0. The fourth-order valence-electron chi connectivity index (χ4n) is 3.22. The van der Waals surface area contributed by atoms with E-state index in [1.807, 2.05) is 44.3 Å². The number of hydrogen-bond donors (Lipinski definition) is 1. The van der Waals surface area contributed by atoms with Gasteiger partial charge in [-0.3, -0.25) is 9.78 Å². The highest BCUT2D eigenvalue weighted by molar-refractivity contribution is 7.17. The topological polar surface area (TPSA) is 72.7 Å². The van der Waals surface area contributed by atoms with E-state index in [0.29, 0.717) is 16.5 Å². The third-order valence-corrected chi connectivity index (χ3v) is 5.81. The van der Waals surface area contributed by atoms with E-state index in [4.69, 9.17) is 4.98 Å². The van der Waals surface area contributed by atoms with Crippen LogP contribution >= 0.6 is 11.3 Å². The summed E-state index contributed by atoms with van der Waals surface area (Å²) in [5, 5.41) is 3.77. The summed E-state index contributed by atoms with van der Waals surface area (Å²) in [5.74, 6) is 1.20. The summed E-state index contributed by atoms with van der Waals surface area (Å²) in [6.45, 7) is 6.09. The molecule has 7 heteroatoms. The standard InChI is InChI=1S/C21H21N5OS/c1-12(2)19-25-16-10-15(7-8-17(16)26(19)4)24-20(27)18-13(3)23-21(28-18)14-6-5-9-22-11-14/h5-12H,1-4H3,(H,24,27). The third kappa shape index (κ3) is 3.29. The van der Waals surface area contributed by atoms with Crippen molar-refractivity contribution < 1.29 is 4.79 Å². The molecule has 0 aliphatic carbocycles. The van der Waals surface area contributed by atoms with Gasteiger partial charge in [0.25, 0.3) is 5.91 Å². The molecule has 0 saturated carbocycles. The van der Waals surface area contributed by atoms with Crippen LogP contribution in [-0.4, -0.2) is 25.4 Å². The van der Waals surface area contributed by atoms with Gasteiger partial charge in [-0.1, -0.05) is 13.8 Å². The zero-order valence-electron chi connectivity index (χ0n) is 16.2. The predicted molar refractivity (Wildman–Crippen MR) is 113 cm³/mol. The molecular weight excluding hydrogens is 370 g/mol. The van der Waals surface area contributed by atoms with Crippen molar-refractivity contribution in [2.75, 3.05) is 5.32 Å². The fourth-order valence-corrected chi connectivity index (χ4v) is 4.17. The summed E-state index contributed by atoms with van der Waals surface area (Å²) in [7, 11) is 2.02. The van der Waals surface area contributed by atoms with Crippen LogP contribution in [0.1, 0.15) is 41.0 Å². The lowest BCUT2D eigenvalue weighted by molar-refractivity contribution is 0.103. The van der Waals surface area contributed by atoms with E-state index in [2.05, 4.69) is 33.7 Å². The number of amides is 1. The molecule has 1 amide bonds. The van der Waals surface area contributed by atoms with E-state index >= 15 is 0 Å². The lowest BCUT2D eigenvalue weighted by atomic mass is 10.2. The number of pyridine rings is 1. The number of benzene rings is 1. The summed E-state index contributed by atoms with van der Waals surface area (Å²) in [5.41, 5.74) is 4.27. The number of imidazole rings is 1. The zero-order chi connectivity index (χ0) is 19.8. The van der Waals surface area contributed by atoms with Crippen LogP contribution in [-0.2, 0) is 7.05 Å². The summed E-state index contributed by atoms with van der Waals surface area (Å²) >= 11 is 1.37. The number of nitrogens with one attached hydrogen (secondary N) is 1.